The molecule has 0 radical (unpaired) electrons. The summed E-state index contributed by atoms with van der Waals surface area (Å²) in [4.78, 5) is 0. The molecule has 19 heavy (non-hydrogen) atoms. The van der Waals surface area contributed by atoms with Crippen LogP contribution in [0.4, 0.5) is 0 Å². The zero-order chi connectivity index (χ0) is 13.8. The summed E-state index contributed by atoms with van der Waals surface area (Å²) in [6, 6.07) is 17.0. The molecule has 100 valence electrons. The van der Waals surface area contributed by atoms with Crippen LogP contribution in [-0.2, 0) is 0 Å². The highest BCUT2D eigenvalue weighted by atomic mass is 35.5. The first-order valence-corrected chi connectivity index (χ1v) is 7.02. The molecule has 0 heterocycles. The Morgan fingerprint density at radius 2 is 1.21 bits per heavy atom. The molecule has 0 aliphatic heterocycles. The second kappa shape index (κ2) is 6.23. The molecule has 1 N–H and O–H groups in total. The largest absolute Gasteiger partial charge is 0.309 e. The van der Waals surface area contributed by atoms with Crippen LogP contribution in [0.3, 0.4) is 0 Å². The summed E-state index contributed by atoms with van der Waals surface area (Å²) in [6.45, 7) is 4.42. The number of nitrogens with one attached hydrogen (secondary N) is 1. The molecular weight excluding hydrogens is 254 g/mol. The van der Waals surface area contributed by atoms with Gasteiger partial charge in [0.05, 0.1) is 6.04 Å². The maximum atomic E-state index is 5.94. The topological polar surface area (TPSA) is 12.0 Å². The van der Waals surface area contributed by atoms with E-state index >= 15 is 0 Å². The Balaban J connectivity index is 2.28. The van der Waals surface area contributed by atoms with Gasteiger partial charge in [0.15, 0.2) is 0 Å². The van der Waals surface area contributed by atoms with Gasteiger partial charge in [-0.2, -0.15) is 0 Å². The normalized spacial score (nSPS) is 12.7. The van der Waals surface area contributed by atoms with Gasteiger partial charge < -0.3 is 5.32 Å². The fraction of sp³-hybridized carbons (Fsp3) is 0.294. The summed E-state index contributed by atoms with van der Waals surface area (Å²) in [5.74, 6) is 0.567. The molecule has 2 rings (SSSR count). The summed E-state index contributed by atoms with van der Waals surface area (Å²) in [7, 11) is 1.98. The van der Waals surface area contributed by atoms with E-state index in [-0.39, 0.29) is 6.04 Å². The summed E-state index contributed by atoms with van der Waals surface area (Å²) >= 11 is 5.94. The van der Waals surface area contributed by atoms with Crippen molar-refractivity contribution in [3.63, 3.8) is 0 Å². The van der Waals surface area contributed by atoms with Crippen molar-refractivity contribution < 1.29 is 0 Å². The van der Waals surface area contributed by atoms with E-state index in [0.29, 0.717) is 5.92 Å². The summed E-state index contributed by atoms with van der Waals surface area (Å²) in [6.07, 6.45) is 0. The van der Waals surface area contributed by atoms with Crippen molar-refractivity contribution in [1.29, 1.82) is 0 Å². The van der Waals surface area contributed by atoms with E-state index < -0.39 is 0 Å². The minimum absolute atomic E-state index is 0.207. The SMILES string of the molecule is CNC(c1ccc(Cl)cc1)c1ccc(C(C)C)cc1. The number of benzene rings is 2. The van der Waals surface area contributed by atoms with Crippen LogP contribution >= 0.6 is 11.6 Å². The monoisotopic (exact) mass is 273 g/mol. The molecule has 0 spiro atoms. The van der Waals surface area contributed by atoms with Gasteiger partial charge in [-0.15, -0.1) is 0 Å². The average Bonchev–Trinajstić information content (AvgIpc) is 2.42. The lowest BCUT2D eigenvalue weighted by molar-refractivity contribution is 0.691. The van der Waals surface area contributed by atoms with E-state index in [1.165, 1.54) is 16.7 Å². The molecule has 1 atom stereocenters. The predicted molar refractivity (Wildman–Crippen MR) is 82.9 cm³/mol. The fourth-order valence-electron chi connectivity index (χ4n) is 2.25. The lowest BCUT2D eigenvalue weighted by Gasteiger charge is -2.18. The molecule has 0 aliphatic rings. The maximum absolute atomic E-state index is 5.94. The maximum Gasteiger partial charge on any atom is 0.0574 e. The average molecular weight is 274 g/mol. The third-order valence-corrected chi connectivity index (χ3v) is 3.68. The Hall–Kier alpha value is -1.31. The molecule has 0 saturated heterocycles. The standard InChI is InChI=1S/C17H20ClN/c1-12(2)13-4-6-14(7-5-13)17(19-3)15-8-10-16(18)11-9-15/h4-12,17,19H,1-3H3. The van der Waals surface area contributed by atoms with Gasteiger partial charge in [-0.3, -0.25) is 0 Å². The van der Waals surface area contributed by atoms with Crippen molar-refractivity contribution in [1.82, 2.24) is 5.32 Å². The lowest BCUT2D eigenvalue weighted by Crippen LogP contribution is -2.17. The van der Waals surface area contributed by atoms with Crippen LogP contribution in [0.15, 0.2) is 48.5 Å². The van der Waals surface area contributed by atoms with E-state index in [2.05, 4.69) is 55.6 Å². The quantitative estimate of drug-likeness (QED) is 0.846. The third kappa shape index (κ3) is 3.37. The molecule has 0 aliphatic carbocycles. The summed E-state index contributed by atoms with van der Waals surface area (Å²) in [5, 5.41) is 4.13. The smallest absolute Gasteiger partial charge is 0.0574 e. The van der Waals surface area contributed by atoms with E-state index in [4.69, 9.17) is 11.6 Å². The van der Waals surface area contributed by atoms with Gasteiger partial charge in [0.25, 0.3) is 0 Å². The molecule has 0 amide bonds. The highest BCUT2D eigenvalue weighted by molar-refractivity contribution is 6.30. The molecule has 2 aromatic carbocycles. The molecule has 0 fully saturated rings. The highest BCUT2D eigenvalue weighted by Gasteiger charge is 2.11. The van der Waals surface area contributed by atoms with Crippen molar-refractivity contribution in [2.45, 2.75) is 25.8 Å². The molecule has 1 unspecified atom stereocenters. The molecule has 1 nitrogen and oxygen atoms in total. The molecule has 2 heteroatoms. The first-order valence-electron chi connectivity index (χ1n) is 6.64. The van der Waals surface area contributed by atoms with Gasteiger partial charge in [-0.25, -0.2) is 0 Å². The Morgan fingerprint density at radius 3 is 1.63 bits per heavy atom. The van der Waals surface area contributed by atoms with Crippen molar-refractivity contribution in [2.24, 2.45) is 0 Å². The fourth-order valence-corrected chi connectivity index (χ4v) is 2.38. The summed E-state index contributed by atoms with van der Waals surface area (Å²) in [5.41, 5.74) is 3.87. The van der Waals surface area contributed by atoms with Crippen LogP contribution in [0.5, 0.6) is 0 Å². The van der Waals surface area contributed by atoms with Crippen LogP contribution < -0.4 is 5.32 Å². The van der Waals surface area contributed by atoms with E-state index in [9.17, 15) is 0 Å². The molecule has 0 bridgehead atoms. The Kier molecular flexibility index (Phi) is 4.62. The van der Waals surface area contributed by atoms with Crippen molar-refractivity contribution in [3.05, 3.63) is 70.2 Å². The molecule has 0 aromatic heterocycles. The van der Waals surface area contributed by atoms with Gasteiger partial charge in [0, 0.05) is 5.02 Å². The van der Waals surface area contributed by atoms with Crippen LogP contribution in [0.2, 0.25) is 5.02 Å². The van der Waals surface area contributed by atoms with E-state index in [1.807, 2.05) is 19.2 Å². The van der Waals surface area contributed by atoms with E-state index in [1.54, 1.807) is 0 Å². The van der Waals surface area contributed by atoms with Crippen LogP contribution in [0.1, 0.15) is 42.5 Å². The third-order valence-electron chi connectivity index (χ3n) is 3.43. The van der Waals surface area contributed by atoms with E-state index in [0.717, 1.165) is 5.02 Å². The number of rotatable bonds is 4. The minimum Gasteiger partial charge on any atom is -0.309 e. The number of hydrogen-bond acceptors (Lipinski definition) is 1. The van der Waals surface area contributed by atoms with Gasteiger partial charge in [0.2, 0.25) is 0 Å². The Labute approximate surface area is 120 Å². The highest BCUT2D eigenvalue weighted by Crippen LogP contribution is 2.25. The van der Waals surface area contributed by atoms with Gasteiger partial charge in [-0.1, -0.05) is 61.8 Å². The Bertz CT molecular complexity index is 514. The van der Waals surface area contributed by atoms with Crippen molar-refractivity contribution >= 4 is 11.6 Å². The first-order chi connectivity index (χ1) is 9.11. The van der Waals surface area contributed by atoms with Crippen LogP contribution in [-0.4, -0.2) is 7.05 Å². The van der Waals surface area contributed by atoms with Crippen molar-refractivity contribution in [3.8, 4) is 0 Å². The zero-order valence-corrected chi connectivity index (χ0v) is 12.4. The zero-order valence-electron chi connectivity index (χ0n) is 11.7. The first kappa shape index (κ1) is 14.1. The number of halogens is 1. The molecule has 2 aromatic rings. The predicted octanol–water partition coefficient (Wildman–Crippen LogP) is 4.77. The molecular formula is C17H20ClN. The minimum atomic E-state index is 0.207. The second-order valence-electron chi connectivity index (χ2n) is 5.09. The lowest BCUT2D eigenvalue weighted by atomic mass is 9.95. The molecule has 0 saturated carbocycles. The second-order valence-corrected chi connectivity index (χ2v) is 5.53. The van der Waals surface area contributed by atoms with Crippen LogP contribution in [0.25, 0.3) is 0 Å². The summed E-state index contributed by atoms with van der Waals surface area (Å²) < 4.78 is 0. The number of hydrogen-bond donors (Lipinski definition) is 1. The Morgan fingerprint density at radius 1 is 0.789 bits per heavy atom. The van der Waals surface area contributed by atoms with Gasteiger partial charge in [0.1, 0.15) is 0 Å². The van der Waals surface area contributed by atoms with Gasteiger partial charge in [-0.05, 0) is 41.8 Å². The van der Waals surface area contributed by atoms with Crippen molar-refractivity contribution in [2.75, 3.05) is 7.05 Å². The van der Waals surface area contributed by atoms with Crippen LogP contribution in [0, 0.1) is 0 Å². The van der Waals surface area contributed by atoms with Gasteiger partial charge >= 0.3 is 0 Å².